The van der Waals surface area contributed by atoms with Crippen molar-refractivity contribution in [2.45, 2.75) is 96.0 Å². The Morgan fingerprint density at radius 2 is 1.55 bits per heavy atom. The minimum absolute atomic E-state index is 0.179. The van der Waals surface area contributed by atoms with Crippen LogP contribution in [0.4, 0.5) is 0 Å². The Hall–Kier alpha value is -0.0800. The van der Waals surface area contributed by atoms with Gasteiger partial charge < -0.3 is 9.47 Å². The van der Waals surface area contributed by atoms with E-state index in [2.05, 4.69) is 6.92 Å². The van der Waals surface area contributed by atoms with Gasteiger partial charge >= 0.3 is 0 Å². The number of ether oxygens (including phenoxy) is 2. The first-order chi connectivity index (χ1) is 10.8. The van der Waals surface area contributed by atoms with Gasteiger partial charge in [0.15, 0.2) is 0 Å². The molecule has 2 rings (SSSR count). The van der Waals surface area contributed by atoms with Crippen LogP contribution in [0.3, 0.4) is 0 Å². The molecule has 0 amide bonds. The van der Waals surface area contributed by atoms with Gasteiger partial charge in [-0.1, -0.05) is 58.3 Å². The average molecular weight is 311 g/mol. The molecule has 0 bridgehead atoms. The predicted octanol–water partition coefficient (Wildman–Crippen LogP) is 5.74. The van der Waals surface area contributed by atoms with Gasteiger partial charge in [-0.15, -0.1) is 0 Å². The zero-order chi connectivity index (χ0) is 15.7. The molecule has 0 saturated heterocycles. The van der Waals surface area contributed by atoms with Crippen molar-refractivity contribution in [3.05, 3.63) is 0 Å². The van der Waals surface area contributed by atoms with E-state index in [4.69, 9.17) is 9.47 Å². The quantitative estimate of drug-likeness (QED) is 0.506. The molecule has 22 heavy (non-hydrogen) atoms. The lowest BCUT2D eigenvalue weighted by molar-refractivity contribution is -0.101. The van der Waals surface area contributed by atoms with Gasteiger partial charge in [-0.3, -0.25) is 0 Å². The first-order valence-corrected chi connectivity index (χ1v) is 9.92. The second-order valence-electron chi connectivity index (χ2n) is 7.72. The van der Waals surface area contributed by atoms with E-state index in [0.29, 0.717) is 0 Å². The normalized spacial score (nSPS) is 30.5. The molecule has 0 radical (unpaired) electrons. The van der Waals surface area contributed by atoms with Crippen LogP contribution in [-0.2, 0) is 9.47 Å². The third kappa shape index (κ3) is 5.53. The molecule has 2 saturated carbocycles. The third-order valence-electron chi connectivity index (χ3n) is 6.19. The monoisotopic (exact) mass is 310 g/mol. The summed E-state index contributed by atoms with van der Waals surface area (Å²) in [6.45, 7) is 3.80. The van der Waals surface area contributed by atoms with Gasteiger partial charge in [-0.2, -0.15) is 0 Å². The maximum Gasteiger partial charge on any atom is 0.0707 e. The van der Waals surface area contributed by atoms with Crippen LogP contribution in [0.15, 0.2) is 0 Å². The smallest absolute Gasteiger partial charge is 0.0707 e. The fraction of sp³-hybridized carbons (Fsp3) is 1.00. The maximum absolute atomic E-state index is 6.37. The van der Waals surface area contributed by atoms with Crippen LogP contribution in [0, 0.1) is 11.8 Å². The van der Waals surface area contributed by atoms with Crippen molar-refractivity contribution >= 4 is 0 Å². The molecular formula is C20H38O2. The molecule has 0 aromatic rings. The molecule has 2 aliphatic rings. The molecule has 0 N–H and O–H groups in total. The van der Waals surface area contributed by atoms with E-state index in [9.17, 15) is 0 Å². The molecule has 0 unspecified atom stereocenters. The maximum atomic E-state index is 6.37. The fourth-order valence-electron chi connectivity index (χ4n) is 4.75. The number of unbranched alkanes of at least 4 members (excludes halogenated alkanes) is 2. The van der Waals surface area contributed by atoms with Gasteiger partial charge in [0.25, 0.3) is 0 Å². The standard InChI is InChI=1S/C20H38O2/c1-3-4-8-13-20(22-17-16-21-2)14-11-19(12-15-20)18-9-6-5-7-10-18/h18-19H,3-17H2,1-2H3. The van der Waals surface area contributed by atoms with Crippen molar-refractivity contribution in [2.75, 3.05) is 20.3 Å². The van der Waals surface area contributed by atoms with Crippen LogP contribution >= 0.6 is 0 Å². The van der Waals surface area contributed by atoms with E-state index >= 15 is 0 Å². The molecule has 2 fully saturated rings. The van der Waals surface area contributed by atoms with Gasteiger partial charge in [0, 0.05) is 7.11 Å². The van der Waals surface area contributed by atoms with Crippen molar-refractivity contribution in [3.63, 3.8) is 0 Å². The van der Waals surface area contributed by atoms with Crippen molar-refractivity contribution in [1.82, 2.24) is 0 Å². The van der Waals surface area contributed by atoms with Crippen LogP contribution < -0.4 is 0 Å². The van der Waals surface area contributed by atoms with E-state index in [-0.39, 0.29) is 5.60 Å². The van der Waals surface area contributed by atoms with Crippen LogP contribution in [0.1, 0.15) is 90.4 Å². The molecule has 0 atom stereocenters. The predicted molar refractivity (Wildman–Crippen MR) is 93.2 cm³/mol. The Morgan fingerprint density at radius 3 is 2.18 bits per heavy atom. The summed E-state index contributed by atoms with van der Waals surface area (Å²) in [7, 11) is 1.77. The Labute approximate surface area is 138 Å². The molecule has 0 aromatic heterocycles. The van der Waals surface area contributed by atoms with Crippen LogP contribution in [-0.4, -0.2) is 25.9 Å². The highest BCUT2D eigenvalue weighted by Gasteiger charge is 2.38. The largest absolute Gasteiger partial charge is 0.382 e. The van der Waals surface area contributed by atoms with Crippen molar-refractivity contribution in [2.24, 2.45) is 11.8 Å². The Morgan fingerprint density at radius 1 is 0.864 bits per heavy atom. The SMILES string of the molecule is CCCCCC1(OCCOC)CCC(C2CCCCC2)CC1. The highest BCUT2D eigenvalue weighted by atomic mass is 16.5. The zero-order valence-electron chi connectivity index (χ0n) is 15.1. The van der Waals surface area contributed by atoms with Gasteiger partial charge in [0.05, 0.1) is 18.8 Å². The van der Waals surface area contributed by atoms with Crippen molar-refractivity contribution in [1.29, 1.82) is 0 Å². The lowest BCUT2D eigenvalue weighted by Gasteiger charge is -2.43. The number of rotatable bonds is 9. The molecule has 0 spiro atoms. The second-order valence-corrected chi connectivity index (χ2v) is 7.72. The summed E-state index contributed by atoms with van der Waals surface area (Å²) < 4.78 is 11.6. The van der Waals surface area contributed by atoms with E-state index < -0.39 is 0 Å². The summed E-state index contributed by atoms with van der Waals surface area (Å²) in [4.78, 5) is 0. The second kappa shape index (κ2) is 9.93. The molecular weight excluding hydrogens is 272 g/mol. The topological polar surface area (TPSA) is 18.5 Å². The lowest BCUT2D eigenvalue weighted by atomic mass is 9.68. The number of hydrogen-bond donors (Lipinski definition) is 0. The molecule has 2 aliphatic carbocycles. The molecule has 0 heterocycles. The summed E-state index contributed by atoms with van der Waals surface area (Å²) >= 11 is 0. The third-order valence-corrected chi connectivity index (χ3v) is 6.19. The first-order valence-electron chi connectivity index (χ1n) is 9.92. The Kier molecular flexibility index (Phi) is 8.24. The minimum atomic E-state index is 0.179. The Bertz CT molecular complexity index is 263. The lowest BCUT2D eigenvalue weighted by Crippen LogP contribution is -2.39. The summed E-state index contributed by atoms with van der Waals surface area (Å²) in [6.07, 6.45) is 18.1. The summed E-state index contributed by atoms with van der Waals surface area (Å²) in [5.41, 5.74) is 0.179. The van der Waals surface area contributed by atoms with Gasteiger partial charge in [0.2, 0.25) is 0 Å². The molecule has 2 nitrogen and oxygen atoms in total. The fourth-order valence-corrected chi connectivity index (χ4v) is 4.75. The first kappa shape index (κ1) is 18.3. The van der Waals surface area contributed by atoms with Crippen LogP contribution in [0.25, 0.3) is 0 Å². The summed E-state index contributed by atoms with van der Waals surface area (Å²) in [5.74, 6) is 2.02. The molecule has 130 valence electrons. The van der Waals surface area contributed by atoms with Crippen molar-refractivity contribution < 1.29 is 9.47 Å². The van der Waals surface area contributed by atoms with Crippen molar-refractivity contribution in [3.8, 4) is 0 Å². The van der Waals surface area contributed by atoms with E-state index in [1.54, 1.807) is 7.11 Å². The van der Waals surface area contributed by atoms with Gasteiger partial charge in [-0.05, 0) is 43.9 Å². The van der Waals surface area contributed by atoms with E-state index in [1.165, 1.54) is 83.5 Å². The molecule has 0 aromatic carbocycles. The van der Waals surface area contributed by atoms with E-state index in [1.807, 2.05) is 0 Å². The Balaban J connectivity index is 1.82. The zero-order valence-corrected chi connectivity index (χ0v) is 15.1. The number of methoxy groups -OCH3 is 1. The molecule has 0 aliphatic heterocycles. The summed E-state index contributed by atoms with van der Waals surface area (Å²) in [6, 6.07) is 0. The van der Waals surface area contributed by atoms with E-state index in [0.717, 1.165) is 25.0 Å². The van der Waals surface area contributed by atoms with Crippen LogP contribution in [0.2, 0.25) is 0 Å². The van der Waals surface area contributed by atoms with Crippen LogP contribution in [0.5, 0.6) is 0 Å². The minimum Gasteiger partial charge on any atom is -0.382 e. The highest BCUT2D eigenvalue weighted by molar-refractivity contribution is 4.90. The van der Waals surface area contributed by atoms with Gasteiger partial charge in [-0.25, -0.2) is 0 Å². The number of hydrogen-bond acceptors (Lipinski definition) is 2. The highest BCUT2D eigenvalue weighted by Crippen LogP contribution is 2.44. The molecule has 2 heteroatoms. The summed E-state index contributed by atoms with van der Waals surface area (Å²) in [5, 5.41) is 0. The van der Waals surface area contributed by atoms with Gasteiger partial charge in [0.1, 0.15) is 0 Å². The average Bonchev–Trinajstić information content (AvgIpc) is 2.57.